The average molecular weight is 241 g/mol. The van der Waals surface area contributed by atoms with Crippen LogP contribution in [0, 0.1) is 0 Å². The van der Waals surface area contributed by atoms with E-state index in [4.69, 9.17) is 17.0 Å². The molecule has 17 heavy (non-hydrogen) atoms. The summed E-state index contributed by atoms with van der Waals surface area (Å²) in [5.41, 5.74) is 3.26. The summed E-state index contributed by atoms with van der Waals surface area (Å²) in [7, 11) is 0. The number of hydrogen-bond acceptors (Lipinski definition) is 2. The van der Waals surface area contributed by atoms with Crippen molar-refractivity contribution in [3.63, 3.8) is 0 Å². The minimum Gasteiger partial charge on any atom is -0.458 e. The lowest BCUT2D eigenvalue weighted by atomic mass is 9.99. The van der Waals surface area contributed by atoms with Gasteiger partial charge in [0.15, 0.2) is 6.10 Å². The third-order valence-corrected chi connectivity index (χ3v) is 3.01. The number of ether oxygens (including phenoxy) is 1. The highest BCUT2D eigenvalue weighted by atomic mass is 32.1. The van der Waals surface area contributed by atoms with Crippen LogP contribution < -0.4 is 5.32 Å². The van der Waals surface area contributed by atoms with E-state index in [1.807, 2.05) is 36.4 Å². The molecular weight excluding hydrogens is 230 g/mol. The largest absolute Gasteiger partial charge is 0.458 e. The highest BCUT2D eigenvalue weighted by molar-refractivity contribution is 7.80. The molecule has 0 aliphatic carbocycles. The summed E-state index contributed by atoms with van der Waals surface area (Å²) in [5.74, 6) is 0. The van der Waals surface area contributed by atoms with Crippen molar-refractivity contribution in [3.8, 4) is 0 Å². The molecule has 84 valence electrons. The number of hydrogen-bond donors (Lipinski definition) is 1. The van der Waals surface area contributed by atoms with E-state index in [0.29, 0.717) is 5.17 Å². The molecule has 0 radical (unpaired) electrons. The number of anilines is 1. The van der Waals surface area contributed by atoms with E-state index in [0.717, 1.165) is 16.8 Å². The maximum absolute atomic E-state index is 5.72. The Morgan fingerprint density at radius 2 is 1.65 bits per heavy atom. The molecule has 1 unspecified atom stereocenters. The van der Waals surface area contributed by atoms with Crippen LogP contribution in [0.2, 0.25) is 0 Å². The van der Waals surface area contributed by atoms with Crippen LogP contribution in [0.25, 0.3) is 0 Å². The lowest BCUT2D eigenvalue weighted by molar-refractivity contribution is 0.234. The molecule has 0 spiro atoms. The lowest BCUT2D eigenvalue weighted by Crippen LogP contribution is -2.24. The third-order valence-electron chi connectivity index (χ3n) is 2.81. The SMILES string of the molecule is S=C1Nc2ccccc2C(c2ccccc2)O1. The summed E-state index contributed by atoms with van der Waals surface area (Å²) in [6.45, 7) is 0. The second kappa shape index (κ2) is 4.18. The fourth-order valence-electron chi connectivity index (χ4n) is 2.02. The predicted molar refractivity (Wildman–Crippen MR) is 72.0 cm³/mol. The zero-order valence-corrected chi connectivity index (χ0v) is 9.91. The van der Waals surface area contributed by atoms with Gasteiger partial charge in [-0.25, -0.2) is 0 Å². The zero-order valence-electron chi connectivity index (χ0n) is 9.09. The van der Waals surface area contributed by atoms with Gasteiger partial charge < -0.3 is 10.1 Å². The maximum atomic E-state index is 5.72. The Bertz CT molecular complexity index is 553. The molecule has 2 aromatic rings. The van der Waals surface area contributed by atoms with Crippen molar-refractivity contribution in [2.24, 2.45) is 0 Å². The van der Waals surface area contributed by atoms with Gasteiger partial charge in [-0.1, -0.05) is 48.5 Å². The molecule has 2 aromatic carbocycles. The van der Waals surface area contributed by atoms with Gasteiger partial charge in [-0.05, 0) is 23.8 Å². The predicted octanol–water partition coefficient (Wildman–Crippen LogP) is 3.50. The molecule has 1 aliphatic heterocycles. The fourth-order valence-corrected chi connectivity index (χ4v) is 2.23. The summed E-state index contributed by atoms with van der Waals surface area (Å²) in [6.07, 6.45) is -0.110. The molecule has 1 aliphatic rings. The first-order valence-corrected chi connectivity index (χ1v) is 5.87. The summed E-state index contributed by atoms with van der Waals surface area (Å²) in [4.78, 5) is 0. The Hall–Kier alpha value is -1.87. The highest BCUT2D eigenvalue weighted by Gasteiger charge is 2.24. The summed E-state index contributed by atoms with van der Waals surface area (Å²) in [5, 5.41) is 3.50. The molecular formula is C14H11NOS. The minimum absolute atomic E-state index is 0.110. The number of nitrogens with one attached hydrogen (secondary N) is 1. The topological polar surface area (TPSA) is 21.3 Å². The van der Waals surface area contributed by atoms with Gasteiger partial charge in [0.25, 0.3) is 5.17 Å². The second-order valence-corrected chi connectivity index (χ2v) is 4.28. The third kappa shape index (κ3) is 1.89. The molecule has 0 bridgehead atoms. The van der Waals surface area contributed by atoms with Gasteiger partial charge in [0.05, 0.1) is 0 Å². The van der Waals surface area contributed by atoms with Crippen molar-refractivity contribution in [3.05, 3.63) is 65.7 Å². The van der Waals surface area contributed by atoms with Crippen molar-refractivity contribution in [1.82, 2.24) is 0 Å². The quantitative estimate of drug-likeness (QED) is 0.772. The van der Waals surface area contributed by atoms with E-state index >= 15 is 0 Å². The monoisotopic (exact) mass is 241 g/mol. The second-order valence-electron chi connectivity index (χ2n) is 3.91. The Balaban J connectivity index is 2.10. The van der Waals surface area contributed by atoms with Crippen molar-refractivity contribution in [1.29, 1.82) is 0 Å². The van der Waals surface area contributed by atoms with E-state index in [2.05, 4.69) is 23.5 Å². The van der Waals surface area contributed by atoms with Gasteiger partial charge >= 0.3 is 0 Å². The molecule has 0 aromatic heterocycles. The van der Waals surface area contributed by atoms with E-state index in [1.165, 1.54) is 0 Å². The zero-order chi connectivity index (χ0) is 11.7. The van der Waals surface area contributed by atoms with Crippen LogP contribution in [-0.2, 0) is 4.74 Å². The van der Waals surface area contributed by atoms with Crippen molar-refractivity contribution < 1.29 is 4.74 Å². The van der Waals surface area contributed by atoms with Gasteiger partial charge in [-0.3, -0.25) is 0 Å². The number of fused-ring (bicyclic) bond motifs is 1. The fraction of sp³-hybridized carbons (Fsp3) is 0.0714. The van der Waals surface area contributed by atoms with Gasteiger partial charge in [0.2, 0.25) is 0 Å². The van der Waals surface area contributed by atoms with Gasteiger partial charge in [-0.15, -0.1) is 0 Å². The smallest absolute Gasteiger partial charge is 0.262 e. The Morgan fingerprint density at radius 1 is 0.941 bits per heavy atom. The summed E-state index contributed by atoms with van der Waals surface area (Å²) in [6, 6.07) is 18.2. The lowest BCUT2D eigenvalue weighted by Gasteiger charge is -2.28. The molecule has 1 N–H and O–H groups in total. The van der Waals surface area contributed by atoms with Gasteiger partial charge in [-0.2, -0.15) is 0 Å². The highest BCUT2D eigenvalue weighted by Crippen LogP contribution is 2.34. The van der Waals surface area contributed by atoms with Crippen LogP contribution in [-0.4, -0.2) is 5.17 Å². The number of benzene rings is 2. The normalized spacial score (nSPS) is 17.9. The molecule has 0 saturated heterocycles. The Labute approximate surface area is 105 Å². The first kappa shape index (κ1) is 10.3. The molecule has 2 nitrogen and oxygen atoms in total. The summed E-state index contributed by atoms with van der Waals surface area (Å²) < 4.78 is 5.72. The first-order chi connectivity index (χ1) is 8.34. The van der Waals surface area contributed by atoms with E-state index in [1.54, 1.807) is 0 Å². The van der Waals surface area contributed by atoms with E-state index in [-0.39, 0.29) is 6.10 Å². The van der Waals surface area contributed by atoms with Crippen LogP contribution in [0.4, 0.5) is 5.69 Å². The van der Waals surface area contributed by atoms with Crippen LogP contribution >= 0.6 is 12.2 Å². The van der Waals surface area contributed by atoms with Crippen LogP contribution in [0.5, 0.6) is 0 Å². The molecule has 1 heterocycles. The Kier molecular flexibility index (Phi) is 2.53. The molecule has 0 fully saturated rings. The van der Waals surface area contributed by atoms with Gasteiger partial charge in [0.1, 0.15) is 0 Å². The molecule has 0 amide bonds. The van der Waals surface area contributed by atoms with Gasteiger partial charge in [0, 0.05) is 11.3 Å². The Morgan fingerprint density at radius 3 is 2.47 bits per heavy atom. The summed E-state index contributed by atoms with van der Waals surface area (Å²) >= 11 is 5.13. The number of para-hydroxylation sites is 1. The van der Waals surface area contributed by atoms with Crippen molar-refractivity contribution in [2.45, 2.75) is 6.10 Å². The van der Waals surface area contributed by atoms with Crippen molar-refractivity contribution in [2.75, 3.05) is 5.32 Å². The maximum Gasteiger partial charge on any atom is 0.262 e. The number of thiocarbonyl (C=S) groups is 1. The molecule has 1 atom stereocenters. The molecule has 0 saturated carbocycles. The van der Waals surface area contributed by atoms with Crippen LogP contribution in [0.1, 0.15) is 17.2 Å². The van der Waals surface area contributed by atoms with Crippen LogP contribution in [0.3, 0.4) is 0 Å². The van der Waals surface area contributed by atoms with Crippen molar-refractivity contribution >= 4 is 23.1 Å². The first-order valence-electron chi connectivity index (χ1n) is 5.46. The molecule has 3 heteroatoms. The molecule has 3 rings (SSSR count). The minimum atomic E-state index is -0.110. The average Bonchev–Trinajstić information content (AvgIpc) is 2.39. The van der Waals surface area contributed by atoms with E-state index < -0.39 is 0 Å². The number of rotatable bonds is 1. The van der Waals surface area contributed by atoms with Crippen LogP contribution in [0.15, 0.2) is 54.6 Å². The van der Waals surface area contributed by atoms with E-state index in [9.17, 15) is 0 Å². The standard InChI is InChI=1S/C14H11NOS/c17-14-15-12-9-5-4-8-11(12)13(16-14)10-6-2-1-3-7-10/h1-9,13H,(H,15,17).